The fourth-order valence-electron chi connectivity index (χ4n) is 2.52. The molecule has 0 saturated heterocycles. The van der Waals surface area contributed by atoms with Crippen LogP contribution in [0.3, 0.4) is 0 Å². The molecule has 1 amide bonds. The Kier molecular flexibility index (Phi) is 7.15. The molecule has 2 aromatic rings. The van der Waals surface area contributed by atoms with Crippen LogP contribution in [0.15, 0.2) is 36.4 Å². The van der Waals surface area contributed by atoms with E-state index in [-0.39, 0.29) is 30.5 Å². The number of aliphatic hydroxyl groups excluding tert-OH is 1. The number of amides is 1. The third-order valence-corrected chi connectivity index (χ3v) is 4.14. The molecule has 27 heavy (non-hydrogen) atoms. The summed E-state index contributed by atoms with van der Waals surface area (Å²) in [5, 5.41) is 24.3. The van der Waals surface area contributed by atoms with Gasteiger partial charge in [-0.3, -0.25) is 4.79 Å². The Morgan fingerprint density at radius 3 is 2.70 bits per heavy atom. The molecule has 2 aromatic carbocycles. The van der Waals surface area contributed by atoms with Crippen molar-refractivity contribution >= 4 is 11.6 Å². The van der Waals surface area contributed by atoms with Crippen molar-refractivity contribution in [3.63, 3.8) is 0 Å². The number of nitrogens with zero attached hydrogens (tertiary/aromatic N) is 1. The van der Waals surface area contributed by atoms with Gasteiger partial charge in [-0.2, -0.15) is 5.26 Å². The zero-order valence-electron chi connectivity index (χ0n) is 15.3. The van der Waals surface area contributed by atoms with Crippen LogP contribution in [0.5, 0.6) is 5.75 Å². The minimum absolute atomic E-state index is 0.0807. The topological polar surface area (TPSA) is 94.4 Å². The maximum absolute atomic E-state index is 13.8. The molecular formula is C20H22FN3O3. The highest BCUT2D eigenvalue weighted by Gasteiger charge is 2.15. The standard InChI is InChI=1S/C20H22FN3O3/c1-3-15(12-25)24-18-6-4-13(10-22)8-16(18)20(26)23-11-14-5-7-19(27-2)17(21)9-14/h4-9,15,24-25H,3,11-12H2,1-2H3,(H,23,26)/t15-/m0/s1. The molecule has 1 atom stereocenters. The molecule has 0 radical (unpaired) electrons. The summed E-state index contributed by atoms with van der Waals surface area (Å²) < 4.78 is 18.6. The summed E-state index contributed by atoms with van der Waals surface area (Å²) in [7, 11) is 1.38. The summed E-state index contributed by atoms with van der Waals surface area (Å²) in [5.41, 5.74) is 1.73. The van der Waals surface area contributed by atoms with Gasteiger partial charge < -0.3 is 20.5 Å². The van der Waals surface area contributed by atoms with Crippen LogP contribution >= 0.6 is 0 Å². The van der Waals surface area contributed by atoms with Gasteiger partial charge in [-0.05, 0) is 42.3 Å². The molecule has 6 nitrogen and oxygen atoms in total. The van der Waals surface area contributed by atoms with Crippen molar-refractivity contribution in [3.8, 4) is 11.8 Å². The second kappa shape index (κ2) is 9.55. The van der Waals surface area contributed by atoms with E-state index in [1.165, 1.54) is 25.3 Å². The molecule has 2 rings (SSSR count). The average Bonchev–Trinajstić information content (AvgIpc) is 2.70. The van der Waals surface area contributed by atoms with E-state index in [1.807, 2.05) is 13.0 Å². The zero-order chi connectivity index (χ0) is 19.8. The number of nitriles is 1. The van der Waals surface area contributed by atoms with Gasteiger partial charge in [0.2, 0.25) is 0 Å². The number of benzene rings is 2. The number of anilines is 1. The van der Waals surface area contributed by atoms with Crippen molar-refractivity contribution in [2.45, 2.75) is 25.9 Å². The van der Waals surface area contributed by atoms with E-state index in [4.69, 9.17) is 10.00 Å². The van der Waals surface area contributed by atoms with Gasteiger partial charge in [-0.15, -0.1) is 0 Å². The van der Waals surface area contributed by atoms with E-state index in [2.05, 4.69) is 10.6 Å². The summed E-state index contributed by atoms with van der Waals surface area (Å²) in [6.45, 7) is 1.95. The van der Waals surface area contributed by atoms with Crippen LogP contribution in [0.1, 0.15) is 34.8 Å². The highest BCUT2D eigenvalue weighted by molar-refractivity contribution is 6.00. The fraction of sp³-hybridized carbons (Fsp3) is 0.300. The number of methoxy groups -OCH3 is 1. The normalized spacial score (nSPS) is 11.4. The number of hydrogen-bond acceptors (Lipinski definition) is 5. The second-order valence-electron chi connectivity index (χ2n) is 5.96. The van der Waals surface area contributed by atoms with E-state index in [0.717, 1.165) is 0 Å². The molecule has 0 heterocycles. The van der Waals surface area contributed by atoms with Crippen molar-refractivity contribution < 1.29 is 19.0 Å². The summed E-state index contributed by atoms with van der Waals surface area (Å²) in [6.07, 6.45) is 0.669. The van der Waals surface area contributed by atoms with Crippen LogP contribution in [-0.4, -0.2) is 30.8 Å². The summed E-state index contributed by atoms with van der Waals surface area (Å²) in [6, 6.07) is 11.0. The van der Waals surface area contributed by atoms with E-state index in [1.54, 1.807) is 18.2 Å². The highest BCUT2D eigenvalue weighted by Crippen LogP contribution is 2.20. The Morgan fingerprint density at radius 2 is 2.11 bits per heavy atom. The molecule has 0 unspecified atom stereocenters. The first-order chi connectivity index (χ1) is 13.0. The van der Waals surface area contributed by atoms with Crippen molar-refractivity contribution in [1.82, 2.24) is 5.32 Å². The molecule has 0 aromatic heterocycles. The van der Waals surface area contributed by atoms with Gasteiger partial charge in [0.25, 0.3) is 5.91 Å². The van der Waals surface area contributed by atoms with Crippen LogP contribution < -0.4 is 15.4 Å². The highest BCUT2D eigenvalue weighted by atomic mass is 19.1. The average molecular weight is 371 g/mol. The van der Waals surface area contributed by atoms with Gasteiger partial charge in [0.15, 0.2) is 11.6 Å². The van der Waals surface area contributed by atoms with Gasteiger partial charge in [0.05, 0.1) is 30.9 Å². The van der Waals surface area contributed by atoms with Crippen molar-refractivity contribution in [2.24, 2.45) is 0 Å². The maximum Gasteiger partial charge on any atom is 0.253 e. The summed E-state index contributed by atoms with van der Waals surface area (Å²) in [5.74, 6) is -0.779. The smallest absolute Gasteiger partial charge is 0.253 e. The number of halogens is 1. The van der Waals surface area contributed by atoms with Crippen LogP contribution in [-0.2, 0) is 6.54 Å². The molecule has 0 bridgehead atoms. The predicted octanol–water partition coefficient (Wildman–Crippen LogP) is 2.82. The molecule has 0 fully saturated rings. The predicted molar refractivity (Wildman–Crippen MR) is 100 cm³/mol. The monoisotopic (exact) mass is 371 g/mol. The number of carbonyl (C=O) groups is 1. The minimum Gasteiger partial charge on any atom is -0.494 e. The first-order valence-electron chi connectivity index (χ1n) is 8.54. The quantitative estimate of drug-likeness (QED) is 0.663. The van der Waals surface area contributed by atoms with E-state index in [0.29, 0.717) is 23.2 Å². The molecule has 0 spiro atoms. The number of hydrogen-bond donors (Lipinski definition) is 3. The second-order valence-corrected chi connectivity index (χ2v) is 5.96. The van der Waals surface area contributed by atoms with Crippen LogP contribution in [0.25, 0.3) is 0 Å². The largest absolute Gasteiger partial charge is 0.494 e. The number of carbonyl (C=O) groups excluding carboxylic acids is 1. The van der Waals surface area contributed by atoms with Crippen molar-refractivity contribution in [3.05, 3.63) is 58.9 Å². The molecule has 0 aliphatic carbocycles. The Bertz CT molecular complexity index is 845. The van der Waals surface area contributed by atoms with Crippen LogP contribution in [0.4, 0.5) is 10.1 Å². The molecular weight excluding hydrogens is 349 g/mol. The minimum atomic E-state index is -0.508. The first kappa shape index (κ1) is 20.2. The Hall–Kier alpha value is -3.11. The Balaban J connectivity index is 2.18. The first-order valence-corrected chi connectivity index (χ1v) is 8.54. The lowest BCUT2D eigenvalue weighted by molar-refractivity contribution is 0.0951. The lowest BCUT2D eigenvalue weighted by Crippen LogP contribution is -2.27. The third kappa shape index (κ3) is 5.19. The number of aliphatic hydroxyl groups is 1. The molecule has 142 valence electrons. The third-order valence-electron chi connectivity index (χ3n) is 4.14. The van der Waals surface area contributed by atoms with E-state index >= 15 is 0 Å². The van der Waals surface area contributed by atoms with E-state index in [9.17, 15) is 14.3 Å². The molecule has 7 heteroatoms. The number of ether oxygens (including phenoxy) is 1. The number of rotatable bonds is 8. The van der Waals surface area contributed by atoms with Gasteiger partial charge >= 0.3 is 0 Å². The summed E-state index contributed by atoms with van der Waals surface area (Å²) in [4.78, 5) is 12.6. The maximum atomic E-state index is 13.8. The summed E-state index contributed by atoms with van der Waals surface area (Å²) >= 11 is 0. The molecule has 0 aliphatic heterocycles. The zero-order valence-corrected chi connectivity index (χ0v) is 15.3. The van der Waals surface area contributed by atoms with Gasteiger partial charge in [-0.25, -0.2) is 4.39 Å². The Morgan fingerprint density at radius 1 is 1.33 bits per heavy atom. The van der Waals surface area contributed by atoms with Crippen molar-refractivity contribution in [1.29, 1.82) is 5.26 Å². The van der Waals surface area contributed by atoms with Gasteiger partial charge in [-0.1, -0.05) is 13.0 Å². The van der Waals surface area contributed by atoms with Gasteiger partial charge in [0, 0.05) is 18.3 Å². The lowest BCUT2D eigenvalue weighted by Gasteiger charge is -2.18. The molecule has 3 N–H and O–H groups in total. The van der Waals surface area contributed by atoms with E-state index < -0.39 is 11.7 Å². The number of nitrogens with one attached hydrogen (secondary N) is 2. The Labute approximate surface area is 157 Å². The van der Waals surface area contributed by atoms with Crippen LogP contribution in [0, 0.1) is 17.1 Å². The molecule has 0 saturated carbocycles. The fourth-order valence-corrected chi connectivity index (χ4v) is 2.52. The van der Waals surface area contributed by atoms with Crippen LogP contribution in [0.2, 0.25) is 0 Å². The van der Waals surface area contributed by atoms with Crippen molar-refractivity contribution in [2.75, 3.05) is 19.0 Å². The SMILES string of the molecule is CC[C@@H](CO)Nc1ccc(C#N)cc1C(=O)NCc1ccc(OC)c(F)c1. The lowest BCUT2D eigenvalue weighted by atomic mass is 10.1. The molecule has 0 aliphatic rings. The van der Waals surface area contributed by atoms with Gasteiger partial charge in [0.1, 0.15) is 0 Å².